The Bertz CT molecular complexity index is 1330. The smallest absolute Gasteiger partial charge is 0.198 e. The molecule has 2 aromatic rings. The lowest BCUT2D eigenvalue weighted by Gasteiger charge is -2.35. The van der Waals surface area contributed by atoms with E-state index in [1.165, 1.54) is 13.2 Å². The summed E-state index contributed by atoms with van der Waals surface area (Å²) in [7, 11) is 1.43. The number of nitrogens with two attached hydrogens (primary N) is 1. The number of methoxy groups -OCH3 is 1. The number of phenolic OH excluding ortho intramolecular Hbond substituents is 2. The van der Waals surface area contributed by atoms with E-state index in [1.54, 1.807) is 19.1 Å². The Hall–Kier alpha value is -3.39. The Morgan fingerprint density at radius 3 is 2.60 bits per heavy atom. The quantitative estimate of drug-likeness (QED) is 0.114. The Labute approximate surface area is 229 Å². The van der Waals surface area contributed by atoms with E-state index in [2.05, 4.69) is 0 Å². The fourth-order valence-electron chi connectivity index (χ4n) is 5.39. The van der Waals surface area contributed by atoms with Crippen LogP contribution in [0, 0.1) is 6.92 Å². The largest absolute Gasteiger partial charge is 0.507 e. The number of aliphatic hydroxyl groups excluding tert-OH is 2. The number of ketones is 2. The SMILES string of the molecule is COc1cccc(C(=O)c2c(O)c3c(c(O)c2C=O)[C@@H](O[C@H]2C[C@H](N)[C@H](O)CO2)C[C@](O)(C(=O)CO)CC3)c1C. The van der Waals surface area contributed by atoms with Crippen molar-refractivity contribution in [2.24, 2.45) is 5.73 Å². The van der Waals surface area contributed by atoms with Crippen molar-refractivity contribution in [3.05, 3.63) is 51.6 Å². The summed E-state index contributed by atoms with van der Waals surface area (Å²) in [5.74, 6) is -2.56. The standard InChI is InChI=1S/C28H33NO11/c1-13-14(4-3-5-19(13)38-2)25(34)24-16(10-30)27(36)23-15(26(24)35)6-7-28(37,21(33)11-31)9-20(23)40-22-8-17(29)18(32)12-39-22/h3-5,10,17-18,20,22,31-32,35-37H,6-9,11-12,29H2,1-2H3/t17-,18+,20-,22-,28-/m0/s1. The maximum atomic E-state index is 13.7. The topological polar surface area (TPSA) is 206 Å². The molecule has 0 spiro atoms. The number of rotatable bonds is 8. The second-order valence-corrected chi connectivity index (χ2v) is 10.1. The van der Waals surface area contributed by atoms with E-state index in [1.807, 2.05) is 0 Å². The van der Waals surface area contributed by atoms with Gasteiger partial charge in [-0.15, -0.1) is 0 Å². The van der Waals surface area contributed by atoms with E-state index in [9.17, 15) is 39.9 Å². The van der Waals surface area contributed by atoms with Crippen LogP contribution in [0.15, 0.2) is 18.2 Å². The summed E-state index contributed by atoms with van der Waals surface area (Å²) in [5.41, 5.74) is 3.27. The zero-order valence-electron chi connectivity index (χ0n) is 22.1. The average molecular weight is 560 g/mol. The summed E-state index contributed by atoms with van der Waals surface area (Å²) in [6.07, 6.45) is -4.03. The first-order valence-corrected chi connectivity index (χ1v) is 12.8. The van der Waals surface area contributed by atoms with Gasteiger partial charge in [-0.3, -0.25) is 14.4 Å². The third kappa shape index (κ3) is 5.21. The molecule has 0 bridgehead atoms. The molecular weight excluding hydrogens is 526 g/mol. The molecule has 40 heavy (non-hydrogen) atoms. The second kappa shape index (κ2) is 11.6. The number of fused-ring (bicyclic) bond motifs is 1. The van der Waals surface area contributed by atoms with Crippen LogP contribution in [0.4, 0.5) is 0 Å². The third-order valence-electron chi connectivity index (χ3n) is 7.74. The molecule has 0 saturated carbocycles. The molecule has 5 atom stereocenters. The highest BCUT2D eigenvalue weighted by Crippen LogP contribution is 2.48. The van der Waals surface area contributed by atoms with Crippen molar-refractivity contribution in [1.29, 1.82) is 0 Å². The molecular formula is C28H33NO11. The first-order chi connectivity index (χ1) is 19.0. The van der Waals surface area contributed by atoms with E-state index in [-0.39, 0.29) is 48.8 Å². The maximum absolute atomic E-state index is 13.7. The zero-order valence-corrected chi connectivity index (χ0v) is 22.1. The molecule has 216 valence electrons. The van der Waals surface area contributed by atoms with Gasteiger partial charge in [-0.25, -0.2) is 0 Å². The van der Waals surface area contributed by atoms with Gasteiger partial charge in [-0.2, -0.15) is 0 Å². The molecule has 0 aromatic heterocycles. The van der Waals surface area contributed by atoms with Gasteiger partial charge in [-0.1, -0.05) is 12.1 Å². The van der Waals surface area contributed by atoms with Crippen LogP contribution < -0.4 is 10.5 Å². The summed E-state index contributed by atoms with van der Waals surface area (Å²) >= 11 is 0. The highest BCUT2D eigenvalue weighted by molar-refractivity contribution is 6.16. The normalized spacial score (nSPS) is 26.4. The summed E-state index contributed by atoms with van der Waals surface area (Å²) in [6, 6.07) is 3.98. The number of aliphatic hydroxyl groups is 3. The highest BCUT2D eigenvalue weighted by Gasteiger charge is 2.45. The number of aldehydes is 1. The third-order valence-corrected chi connectivity index (χ3v) is 7.74. The van der Waals surface area contributed by atoms with Crippen molar-refractivity contribution in [3.8, 4) is 17.2 Å². The molecule has 2 aliphatic rings. The van der Waals surface area contributed by atoms with Crippen molar-refractivity contribution in [2.75, 3.05) is 20.3 Å². The van der Waals surface area contributed by atoms with Crippen LogP contribution in [0.1, 0.15) is 68.3 Å². The Morgan fingerprint density at radius 2 is 1.98 bits per heavy atom. The number of hydrogen-bond acceptors (Lipinski definition) is 12. The predicted octanol–water partition coefficient (Wildman–Crippen LogP) is 0.579. The minimum absolute atomic E-state index is 0.0150. The summed E-state index contributed by atoms with van der Waals surface area (Å²) in [5, 5.41) is 53.5. The van der Waals surface area contributed by atoms with E-state index >= 15 is 0 Å². The predicted molar refractivity (Wildman–Crippen MR) is 138 cm³/mol. The minimum Gasteiger partial charge on any atom is -0.507 e. The molecule has 2 aromatic carbocycles. The van der Waals surface area contributed by atoms with E-state index in [0.29, 0.717) is 11.3 Å². The van der Waals surface area contributed by atoms with Crippen molar-refractivity contribution < 1.29 is 54.1 Å². The minimum atomic E-state index is -2.14. The number of Topliss-reactive ketones (excluding diaryl/α,β-unsaturated/α-hetero) is 1. The molecule has 0 unspecified atom stereocenters. The fraction of sp³-hybridized carbons (Fsp3) is 0.464. The first kappa shape index (κ1) is 29.6. The molecule has 7 N–H and O–H groups in total. The van der Waals surface area contributed by atoms with Gasteiger partial charge in [0.05, 0.1) is 37.1 Å². The molecule has 4 rings (SSSR count). The molecule has 12 heteroatoms. The van der Waals surface area contributed by atoms with Crippen LogP contribution >= 0.6 is 0 Å². The van der Waals surface area contributed by atoms with Gasteiger partial charge in [0, 0.05) is 41.1 Å². The van der Waals surface area contributed by atoms with Crippen LogP contribution in [0.5, 0.6) is 17.2 Å². The van der Waals surface area contributed by atoms with Crippen molar-refractivity contribution in [1.82, 2.24) is 0 Å². The van der Waals surface area contributed by atoms with E-state index in [4.69, 9.17) is 19.9 Å². The van der Waals surface area contributed by atoms with Crippen LogP contribution in [0.25, 0.3) is 0 Å². The van der Waals surface area contributed by atoms with Crippen molar-refractivity contribution in [2.45, 2.75) is 62.7 Å². The Morgan fingerprint density at radius 1 is 1.25 bits per heavy atom. The average Bonchev–Trinajstić information content (AvgIpc) is 3.08. The molecule has 0 amide bonds. The van der Waals surface area contributed by atoms with Gasteiger partial charge in [0.1, 0.15) is 29.5 Å². The molecule has 0 radical (unpaired) electrons. The molecule has 1 heterocycles. The van der Waals surface area contributed by atoms with Gasteiger partial charge in [0.15, 0.2) is 24.1 Å². The number of phenols is 2. The van der Waals surface area contributed by atoms with Crippen LogP contribution in [-0.4, -0.2) is 87.7 Å². The number of carbonyl (C=O) groups is 3. The van der Waals surface area contributed by atoms with Crippen LogP contribution in [-0.2, 0) is 20.7 Å². The van der Waals surface area contributed by atoms with Crippen LogP contribution in [0.3, 0.4) is 0 Å². The molecule has 1 aliphatic carbocycles. The monoisotopic (exact) mass is 559 g/mol. The lowest BCUT2D eigenvalue weighted by Crippen LogP contribution is -2.48. The summed E-state index contributed by atoms with van der Waals surface area (Å²) in [4.78, 5) is 38.6. The number of hydrogen-bond donors (Lipinski definition) is 6. The lowest BCUT2D eigenvalue weighted by atomic mass is 9.87. The second-order valence-electron chi connectivity index (χ2n) is 10.1. The van der Waals surface area contributed by atoms with Crippen molar-refractivity contribution in [3.63, 3.8) is 0 Å². The van der Waals surface area contributed by atoms with Crippen LogP contribution in [0.2, 0.25) is 0 Å². The maximum Gasteiger partial charge on any atom is 0.198 e. The highest BCUT2D eigenvalue weighted by atomic mass is 16.7. The molecule has 1 fully saturated rings. The van der Waals surface area contributed by atoms with E-state index < -0.39 is 77.4 Å². The van der Waals surface area contributed by atoms with Gasteiger partial charge in [0.25, 0.3) is 0 Å². The summed E-state index contributed by atoms with van der Waals surface area (Å²) < 4.78 is 16.8. The number of aromatic hydroxyl groups is 2. The number of carbonyl (C=O) groups excluding carboxylic acids is 3. The Balaban J connectivity index is 1.88. The van der Waals surface area contributed by atoms with Gasteiger partial charge < -0.3 is 45.5 Å². The van der Waals surface area contributed by atoms with Gasteiger partial charge in [-0.05, 0) is 25.8 Å². The van der Waals surface area contributed by atoms with Crippen molar-refractivity contribution >= 4 is 17.9 Å². The van der Waals surface area contributed by atoms with Gasteiger partial charge >= 0.3 is 0 Å². The van der Waals surface area contributed by atoms with Gasteiger partial charge in [0.2, 0.25) is 0 Å². The lowest BCUT2D eigenvalue weighted by molar-refractivity contribution is -0.221. The first-order valence-electron chi connectivity index (χ1n) is 12.8. The zero-order chi connectivity index (χ0) is 29.4. The number of benzene rings is 2. The number of ether oxygens (including phenoxy) is 3. The molecule has 1 aliphatic heterocycles. The molecule has 1 saturated heterocycles. The fourth-order valence-corrected chi connectivity index (χ4v) is 5.39. The molecule has 12 nitrogen and oxygen atoms in total. The Kier molecular flexibility index (Phi) is 8.59. The summed E-state index contributed by atoms with van der Waals surface area (Å²) in [6.45, 7) is 0.492. The van der Waals surface area contributed by atoms with E-state index in [0.717, 1.165) is 0 Å².